The molecule has 0 spiro atoms. The molecule has 1 saturated heterocycles. The van der Waals surface area contributed by atoms with Gasteiger partial charge >= 0.3 is 5.97 Å². The van der Waals surface area contributed by atoms with E-state index < -0.39 is 11.4 Å². The highest BCUT2D eigenvalue weighted by Crippen LogP contribution is 2.30. The number of piperidine rings is 1. The van der Waals surface area contributed by atoms with E-state index in [9.17, 15) is 14.7 Å². The van der Waals surface area contributed by atoms with Crippen molar-refractivity contribution in [3.05, 3.63) is 17.0 Å². The Balaban J connectivity index is 2.00. The molecule has 0 aliphatic carbocycles. The number of hydrogen-bond donors (Lipinski definition) is 1. The molecule has 2 heterocycles. The number of carbonyl (C=O) groups excluding carboxylic acids is 1. The van der Waals surface area contributed by atoms with Gasteiger partial charge in [0.1, 0.15) is 0 Å². The van der Waals surface area contributed by atoms with Crippen LogP contribution in [0, 0.1) is 25.2 Å². The van der Waals surface area contributed by atoms with E-state index in [0.717, 1.165) is 29.9 Å². The van der Waals surface area contributed by atoms with Gasteiger partial charge in [-0.25, -0.2) is 0 Å². The molecule has 1 amide bonds. The fourth-order valence-corrected chi connectivity index (χ4v) is 3.64. The summed E-state index contributed by atoms with van der Waals surface area (Å²) in [6.07, 6.45) is 2.45. The number of nitrogens with zero attached hydrogens (tertiary/aromatic N) is 3. The summed E-state index contributed by atoms with van der Waals surface area (Å²) in [6, 6.07) is 0. The zero-order chi connectivity index (χ0) is 18.8. The van der Waals surface area contributed by atoms with Crippen LogP contribution in [0.3, 0.4) is 0 Å². The lowest BCUT2D eigenvalue weighted by molar-refractivity contribution is -0.153. The van der Waals surface area contributed by atoms with Gasteiger partial charge in [0.05, 0.1) is 11.1 Å². The molecule has 0 saturated carbocycles. The summed E-state index contributed by atoms with van der Waals surface area (Å²) >= 11 is 0. The number of aliphatic carboxylic acids is 1. The maximum Gasteiger partial charge on any atom is 0.311 e. The summed E-state index contributed by atoms with van der Waals surface area (Å²) in [5.41, 5.74) is 2.45. The average Bonchev–Trinajstić information content (AvgIpc) is 2.78. The lowest BCUT2D eigenvalue weighted by Gasteiger charge is -2.37. The van der Waals surface area contributed by atoms with Gasteiger partial charge in [-0.2, -0.15) is 5.10 Å². The van der Waals surface area contributed by atoms with Crippen LogP contribution in [0.25, 0.3) is 0 Å². The Morgan fingerprint density at radius 3 is 2.60 bits per heavy atom. The smallest absolute Gasteiger partial charge is 0.311 e. The number of rotatable bonds is 6. The minimum absolute atomic E-state index is 0.0441. The zero-order valence-corrected chi connectivity index (χ0v) is 16.1. The molecule has 1 aromatic rings. The van der Waals surface area contributed by atoms with Crippen molar-refractivity contribution in [2.45, 2.75) is 66.8 Å². The molecule has 1 aromatic heterocycles. The normalized spacial score (nSPS) is 21.0. The highest BCUT2D eigenvalue weighted by molar-refractivity contribution is 5.79. The summed E-state index contributed by atoms with van der Waals surface area (Å²) in [4.78, 5) is 25.8. The Bertz CT molecular complexity index is 651. The topological polar surface area (TPSA) is 75.4 Å². The Labute approximate surface area is 150 Å². The van der Waals surface area contributed by atoms with Gasteiger partial charge < -0.3 is 10.0 Å². The van der Waals surface area contributed by atoms with Crippen LogP contribution in [0.4, 0.5) is 0 Å². The minimum Gasteiger partial charge on any atom is -0.481 e. The van der Waals surface area contributed by atoms with Crippen LogP contribution in [0.2, 0.25) is 0 Å². The molecule has 1 unspecified atom stereocenters. The van der Waals surface area contributed by atoms with E-state index in [-0.39, 0.29) is 5.91 Å². The van der Waals surface area contributed by atoms with Crippen molar-refractivity contribution >= 4 is 11.9 Å². The molecule has 140 valence electrons. The summed E-state index contributed by atoms with van der Waals surface area (Å²) in [5, 5.41) is 14.0. The molecule has 2 rings (SSSR count). The molecule has 0 bridgehead atoms. The molecule has 0 aromatic carbocycles. The van der Waals surface area contributed by atoms with E-state index in [1.807, 2.05) is 11.6 Å². The third kappa shape index (κ3) is 4.41. The number of carboxylic acids is 1. The van der Waals surface area contributed by atoms with Crippen molar-refractivity contribution in [3.63, 3.8) is 0 Å². The quantitative estimate of drug-likeness (QED) is 0.857. The average molecular weight is 349 g/mol. The summed E-state index contributed by atoms with van der Waals surface area (Å²) in [5.74, 6) is -0.247. The van der Waals surface area contributed by atoms with E-state index in [0.29, 0.717) is 38.3 Å². The SMILES string of the molecule is Cc1nn(CC(C)C)c(C)c1CCC(=O)N1CCCC(C)(C(=O)O)C1. The first-order chi connectivity index (χ1) is 11.6. The summed E-state index contributed by atoms with van der Waals surface area (Å²) in [6.45, 7) is 12.0. The summed E-state index contributed by atoms with van der Waals surface area (Å²) in [7, 11) is 0. The lowest BCUT2D eigenvalue weighted by atomic mass is 9.82. The number of aromatic nitrogens is 2. The Morgan fingerprint density at radius 1 is 1.32 bits per heavy atom. The predicted molar refractivity (Wildman–Crippen MR) is 96.4 cm³/mol. The molecule has 1 aliphatic heterocycles. The molecule has 0 radical (unpaired) electrons. The van der Waals surface area contributed by atoms with E-state index in [1.54, 1.807) is 11.8 Å². The first-order valence-corrected chi connectivity index (χ1v) is 9.18. The first-order valence-electron chi connectivity index (χ1n) is 9.18. The maximum atomic E-state index is 12.6. The highest BCUT2D eigenvalue weighted by atomic mass is 16.4. The molecular weight excluding hydrogens is 318 g/mol. The van der Waals surface area contributed by atoms with E-state index in [2.05, 4.69) is 25.9 Å². The molecular formula is C19H31N3O3. The number of hydrogen-bond acceptors (Lipinski definition) is 3. The Morgan fingerprint density at radius 2 is 2.00 bits per heavy atom. The van der Waals surface area contributed by atoms with Gasteiger partial charge in [-0.1, -0.05) is 13.8 Å². The van der Waals surface area contributed by atoms with Crippen LogP contribution in [-0.4, -0.2) is 44.8 Å². The third-order valence-corrected chi connectivity index (χ3v) is 5.22. The van der Waals surface area contributed by atoms with Crippen LogP contribution >= 0.6 is 0 Å². The predicted octanol–water partition coefficient (Wildman–Crippen LogP) is 2.80. The zero-order valence-electron chi connectivity index (χ0n) is 16.1. The molecule has 6 heteroatoms. The van der Waals surface area contributed by atoms with Gasteiger partial charge in [0.25, 0.3) is 0 Å². The highest BCUT2D eigenvalue weighted by Gasteiger charge is 2.39. The summed E-state index contributed by atoms with van der Waals surface area (Å²) < 4.78 is 2.03. The standard InChI is InChI=1S/C19H31N3O3/c1-13(2)11-22-15(4)16(14(3)20-22)7-8-17(23)21-10-6-9-19(5,12-21)18(24)25/h13H,6-12H2,1-5H3,(H,24,25). The van der Waals surface area contributed by atoms with Crippen LogP contribution < -0.4 is 0 Å². The Hall–Kier alpha value is -1.85. The van der Waals surface area contributed by atoms with Crippen molar-refractivity contribution < 1.29 is 14.7 Å². The molecule has 1 aliphatic rings. The van der Waals surface area contributed by atoms with Crippen molar-refractivity contribution in [3.8, 4) is 0 Å². The van der Waals surface area contributed by atoms with Gasteiger partial charge in [-0.3, -0.25) is 14.3 Å². The second-order valence-corrected chi connectivity index (χ2v) is 8.01. The fraction of sp³-hybridized carbons (Fsp3) is 0.737. The van der Waals surface area contributed by atoms with Crippen molar-refractivity contribution in [1.29, 1.82) is 0 Å². The van der Waals surface area contributed by atoms with E-state index in [1.165, 1.54) is 0 Å². The molecule has 1 N–H and O–H groups in total. The van der Waals surface area contributed by atoms with Crippen LogP contribution in [-0.2, 0) is 22.6 Å². The molecule has 1 fully saturated rings. The fourth-order valence-electron chi connectivity index (χ4n) is 3.64. The van der Waals surface area contributed by atoms with Crippen LogP contribution in [0.15, 0.2) is 0 Å². The Kier molecular flexibility index (Phi) is 5.91. The van der Waals surface area contributed by atoms with Crippen LogP contribution in [0.5, 0.6) is 0 Å². The van der Waals surface area contributed by atoms with Gasteiger partial charge in [-0.05, 0) is 51.5 Å². The molecule has 25 heavy (non-hydrogen) atoms. The number of carbonyl (C=O) groups is 2. The van der Waals surface area contributed by atoms with Crippen LogP contribution in [0.1, 0.15) is 57.0 Å². The largest absolute Gasteiger partial charge is 0.481 e. The lowest BCUT2D eigenvalue weighted by Crippen LogP contribution is -2.48. The third-order valence-electron chi connectivity index (χ3n) is 5.22. The van der Waals surface area contributed by atoms with Crippen molar-refractivity contribution in [2.75, 3.05) is 13.1 Å². The number of aryl methyl sites for hydroxylation is 1. The maximum absolute atomic E-state index is 12.6. The molecule has 1 atom stereocenters. The monoisotopic (exact) mass is 349 g/mol. The number of likely N-dealkylation sites (tertiary alicyclic amines) is 1. The van der Waals surface area contributed by atoms with E-state index >= 15 is 0 Å². The van der Waals surface area contributed by atoms with Crippen molar-refractivity contribution in [1.82, 2.24) is 14.7 Å². The minimum atomic E-state index is -0.818. The van der Waals surface area contributed by atoms with Gasteiger partial charge in [0.2, 0.25) is 5.91 Å². The van der Waals surface area contributed by atoms with Gasteiger partial charge in [0.15, 0.2) is 0 Å². The first kappa shape index (κ1) is 19.5. The van der Waals surface area contributed by atoms with Gasteiger partial charge in [0, 0.05) is 31.7 Å². The second kappa shape index (κ2) is 7.58. The second-order valence-electron chi connectivity index (χ2n) is 8.01. The van der Waals surface area contributed by atoms with Gasteiger partial charge in [-0.15, -0.1) is 0 Å². The number of amides is 1. The number of carboxylic acid groups (broad SMARTS) is 1. The van der Waals surface area contributed by atoms with Crippen molar-refractivity contribution in [2.24, 2.45) is 11.3 Å². The van der Waals surface area contributed by atoms with E-state index in [4.69, 9.17) is 0 Å². The molecule has 6 nitrogen and oxygen atoms in total.